The van der Waals surface area contributed by atoms with E-state index in [0.29, 0.717) is 5.56 Å². The molecule has 0 fully saturated rings. The van der Waals surface area contributed by atoms with Gasteiger partial charge in [0, 0.05) is 6.07 Å². The SMILES string of the molecule is COc1cccc(C=[NH+]c2ccccc2S(=O)(=O)[O-])c1O.O.O.O. The average Bonchev–Trinajstić information content (AvgIpc) is 2.45. The second-order valence-electron chi connectivity index (χ2n) is 4.14. The summed E-state index contributed by atoms with van der Waals surface area (Å²) >= 11 is 0. The van der Waals surface area contributed by atoms with Gasteiger partial charge >= 0.3 is 0 Å². The molecule has 0 atom stereocenters. The van der Waals surface area contributed by atoms with Gasteiger partial charge in [-0.25, -0.2) is 13.4 Å². The highest BCUT2D eigenvalue weighted by Gasteiger charge is 2.12. The van der Waals surface area contributed by atoms with Gasteiger partial charge in [-0.3, -0.25) is 0 Å². The van der Waals surface area contributed by atoms with Gasteiger partial charge in [0.25, 0.3) is 0 Å². The molecule has 10 heteroatoms. The number of aromatic hydroxyl groups is 1. The van der Waals surface area contributed by atoms with Crippen molar-refractivity contribution >= 4 is 22.0 Å². The fourth-order valence-electron chi connectivity index (χ4n) is 1.78. The van der Waals surface area contributed by atoms with Gasteiger partial charge in [-0.1, -0.05) is 18.2 Å². The predicted molar refractivity (Wildman–Crippen MR) is 85.7 cm³/mol. The summed E-state index contributed by atoms with van der Waals surface area (Å²) < 4.78 is 38.4. The van der Waals surface area contributed by atoms with E-state index in [1.54, 1.807) is 24.3 Å². The quantitative estimate of drug-likeness (QED) is 0.454. The number of benzene rings is 2. The Hall–Kier alpha value is -2.50. The third kappa shape index (κ3) is 5.30. The van der Waals surface area contributed by atoms with E-state index in [0.717, 1.165) is 0 Å². The summed E-state index contributed by atoms with van der Waals surface area (Å²) in [4.78, 5) is 2.35. The molecule has 0 heterocycles. The van der Waals surface area contributed by atoms with Crippen molar-refractivity contribution in [2.75, 3.05) is 7.11 Å². The third-order valence-corrected chi connectivity index (χ3v) is 3.68. The summed E-state index contributed by atoms with van der Waals surface area (Å²) in [6.45, 7) is 0. The predicted octanol–water partition coefficient (Wildman–Crippen LogP) is -2.34. The van der Waals surface area contributed by atoms with E-state index in [2.05, 4.69) is 4.99 Å². The molecule has 2 aromatic carbocycles. The van der Waals surface area contributed by atoms with Gasteiger partial charge in [0.05, 0.1) is 12.7 Å². The second kappa shape index (κ2) is 9.60. The molecule has 0 radical (unpaired) electrons. The number of rotatable bonds is 4. The molecule has 0 aliphatic carbocycles. The van der Waals surface area contributed by atoms with E-state index in [-0.39, 0.29) is 38.5 Å². The van der Waals surface area contributed by atoms with E-state index >= 15 is 0 Å². The van der Waals surface area contributed by atoms with Gasteiger partial charge in [-0.15, -0.1) is 0 Å². The van der Waals surface area contributed by atoms with Crippen LogP contribution in [-0.2, 0) is 10.1 Å². The molecule has 8 N–H and O–H groups in total. The zero-order chi connectivity index (χ0) is 15.5. The number of nitrogens with one attached hydrogen (secondary N) is 1. The van der Waals surface area contributed by atoms with E-state index < -0.39 is 10.1 Å². The van der Waals surface area contributed by atoms with Gasteiger partial charge in [0.15, 0.2) is 17.7 Å². The van der Waals surface area contributed by atoms with E-state index in [1.807, 2.05) is 0 Å². The van der Waals surface area contributed by atoms with Crippen LogP contribution in [0.1, 0.15) is 5.56 Å². The molecular formula is C14H19NO8S. The maximum absolute atomic E-state index is 11.2. The van der Waals surface area contributed by atoms with Crippen LogP contribution in [-0.4, -0.2) is 47.8 Å². The highest BCUT2D eigenvalue weighted by molar-refractivity contribution is 7.85. The van der Waals surface area contributed by atoms with Crippen LogP contribution in [0.2, 0.25) is 0 Å². The van der Waals surface area contributed by atoms with E-state index in [4.69, 9.17) is 4.74 Å². The first-order valence-corrected chi connectivity index (χ1v) is 7.35. The van der Waals surface area contributed by atoms with Crippen LogP contribution in [0, 0.1) is 0 Å². The van der Waals surface area contributed by atoms with Crippen molar-refractivity contribution in [2.45, 2.75) is 4.90 Å². The molecule has 9 nitrogen and oxygen atoms in total. The summed E-state index contributed by atoms with van der Waals surface area (Å²) in [5.74, 6) is 0.199. The van der Waals surface area contributed by atoms with E-state index in [1.165, 1.54) is 31.5 Å². The second-order valence-corrected chi connectivity index (χ2v) is 5.49. The van der Waals surface area contributed by atoms with Crippen LogP contribution in [0.4, 0.5) is 5.69 Å². The van der Waals surface area contributed by atoms with Gasteiger partial charge in [0.1, 0.15) is 15.0 Å². The topological polar surface area (TPSA) is 195 Å². The molecule has 2 aromatic rings. The Bertz CT molecular complexity index is 789. The van der Waals surface area contributed by atoms with Crippen molar-refractivity contribution in [3.63, 3.8) is 0 Å². The molecule has 24 heavy (non-hydrogen) atoms. The number of hydrogen-bond acceptors (Lipinski definition) is 5. The fraction of sp³-hybridized carbons (Fsp3) is 0.0714. The normalized spacial score (nSPS) is 10.2. The average molecular weight is 361 g/mol. The van der Waals surface area contributed by atoms with E-state index in [9.17, 15) is 18.1 Å². The summed E-state index contributed by atoms with van der Waals surface area (Å²) in [5.41, 5.74) is 0.530. The minimum atomic E-state index is -4.58. The number of hydrogen-bond donors (Lipinski definition) is 2. The first-order valence-electron chi connectivity index (χ1n) is 5.94. The monoisotopic (exact) mass is 361 g/mol. The molecule has 0 amide bonds. The first-order chi connectivity index (χ1) is 9.93. The van der Waals surface area contributed by atoms with Crippen LogP contribution in [0.15, 0.2) is 47.4 Å². The van der Waals surface area contributed by atoms with Gasteiger partial charge in [-0.2, -0.15) is 0 Å². The summed E-state index contributed by atoms with van der Waals surface area (Å²) in [5, 5.41) is 9.92. The van der Waals surface area contributed by atoms with Gasteiger partial charge in [0.2, 0.25) is 5.69 Å². The Morgan fingerprint density at radius 3 is 2.29 bits per heavy atom. The Balaban J connectivity index is 0. The largest absolute Gasteiger partial charge is 0.744 e. The molecule has 0 bridgehead atoms. The first kappa shape index (κ1) is 23.8. The van der Waals surface area contributed by atoms with Crippen molar-refractivity contribution in [3.8, 4) is 11.5 Å². The Morgan fingerprint density at radius 1 is 1.08 bits per heavy atom. The van der Waals surface area contributed by atoms with Crippen LogP contribution in [0.25, 0.3) is 0 Å². The Labute approximate surface area is 138 Å². The van der Waals surface area contributed by atoms with Crippen LogP contribution < -0.4 is 9.73 Å². The maximum atomic E-state index is 11.2. The molecule has 0 aromatic heterocycles. The zero-order valence-corrected chi connectivity index (χ0v) is 13.4. The van der Waals surface area contributed by atoms with Crippen molar-refractivity contribution in [3.05, 3.63) is 48.0 Å². The Kier molecular flexibility index (Phi) is 9.50. The van der Waals surface area contributed by atoms with Crippen molar-refractivity contribution in [1.82, 2.24) is 0 Å². The molecule has 2 rings (SSSR count). The van der Waals surface area contributed by atoms with Crippen LogP contribution in [0.5, 0.6) is 11.5 Å². The molecule has 0 saturated carbocycles. The maximum Gasteiger partial charge on any atom is 0.221 e. The highest BCUT2D eigenvalue weighted by Crippen LogP contribution is 2.27. The molecule has 0 unspecified atom stereocenters. The van der Waals surface area contributed by atoms with Gasteiger partial charge in [-0.05, 0) is 18.2 Å². The molecule has 0 spiro atoms. The lowest BCUT2D eigenvalue weighted by atomic mass is 10.2. The Morgan fingerprint density at radius 2 is 1.71 bits per heavy atom. The fourth-order valence-corrected chi connectivity index (χ4v) is 2.42. The van der Waals surface area contributed by atoms with Crippen molar-refractivity contribution in [1.29, 1.82) is 0 Å². The van der Waals surface area contributed by atoms with Gasteiger partial charge < -0.3 is 30.8 Å². The lowest BCUT2D eigenvalue weighted by Crippen LogP contribution is -2.62. The zero-order valence-electron chi connectivity index (χ0n) is 12.6. The standard InChI is InChI=1S/C14H13NO5S.3H2O/c1-20-12-7-4-5-10(14(12)16)9-15-11-6-2-3-8-13(11)21(17,18)19;;;/h2-9,16H,1H3,(H,17,18,19);3*1H2. The minimum Gasteiger partial charge on any atom is -0.744 e. The summed E-state index contributed by atoms with van der Waals surface area (Å²) in [7, 11) is -3.16. The molecule has 0 aliphatic rings. The number of phenols is 1. The van der Waals surface area contributed by atoms with Crippen LogP contribution >= 0.6 is 0 Å². The smallest absolute Gasteiger partial charge is 0.221 e. The molecule has 0 saturated heterocycles. The third-order valence-electron chi connectivity index (χ3n) is 2.79. The van der Waals surface area contributed by atoms with Crippen LogP contribution in [0.3, 0.4) is 0 Å². The summed E-state index contributed by atoms with van der Waals surface area (Å²) in [6, 6.07) is 10.6. The lowest BCUT2D eigenvalue weighted by molar-refractivity contribution is -0.350. The number of ether oxygens (including phenoxy) is 1. The molecular weight excluding hydrogens is 342 g/mol. The molecule has 134 valence electrons. The number of methoxy groups -OCH3 is 1. The number of para-hydroxylation sites is 2. The summed E-state index contributed by atoms with van der Waals surface area (Å²) in [6.07, 6.45) is 1.39. The van der Waals surface area contributed by atoms with Crippen molar-refractivity contribution < 1.29 is 44.2 Å². The number of phenolic OH excluding ortho intramolecular Hbond substituents is 1. The highest BCUT2D eigenvalue weighted by atomic mass is 32.2. The lowest BCUT2D eigenvalue weighted by Gasteiger charge is -2.06. The molecule has 0 aliphatic heterocycles. The minimum absolute atomic E-state index is 0. The van der Waals surface area contributed by atoms with Crippen molar-refractivity contribution in [2.24, 2.45) is 0 Å².